The zero-order valence-corrected chi connectivity index (χ0v) is 11.1. The molecule has 2 unspecified atom stereocenters. The first kappa shape index (κ1) is 13.0. The van der Waals surface area contributed by atoms with E-state index in [2.05, 4.69) is 20.8 Å². The van der Waals surface area contributed by atoms with Gasteiger partial charge in [0, 0.05) is 31.7 Å². The summed E-state index contributed by atoms with van der Waals surface area (Å²) in [5.41, 5.74) is 1.59. The van der Waals surface area contributed by atoms with E-state index in [1.54, 1.807) is 13.0 Å². The first-order chi connectivity index (χ1) is 9.65. The minimum atomic E-state index is -0.406. The summed E-state index contributed by atoms with van der Waals surface area (Å²) in [6.45, 7) is 3.53. The average molecular weight is 276 g/mol. The van der Waals surface area contributed by atoms with Crippen LogP contribution in [0.15, 0.2) is 16.8 Å². The van der Waals surface area contributed by atoms with Gasteiger partial charge in [0.05, 0.1) is 22.7 Å². The predicted molar refractivity (Wildman–Crippen MR) is 71.2 cm³/mol. The lowest BCUT2D eigenvalue weighted by Crippen LogP contribution is -2.34. The summed E-state index contributed by atoms with van der Waals surface area (Å²) < 4.78 is 5.00. The van der Waals surface area contributed by atoms with Crippen molar-refractivity contribution in [3.63, 3.8) is 0 Å². The van der Waals surface area contributed by atoms with Gasteiger partial charge in [0.25, 0.3) is 11.6 Å². The summed E-state index contributed by atoms with van der Waals surface area (Å²) in [5.74, 6) is -0.160. The number of nitrogens with zero attached hydrogens (tertiary/aromatic N) is 2. The van der Waals surface area contributed by atoms with Gasteiger partial charge in [-0.2, -0.15) is 0 Å². The van der Waals surface area contributed by atoms with E-state index >= 15 is 0 Å². The Hall–Kier alpha value is -1.99. The summed E-state index contributed by atoms with van der Waals surface area (Å²) in [4.78, 5) is 16.1. The Labute approximate surface area is 115 Å². The Kier molecular flexibility index (Phi) is 3.37. The Bertz CT molecular complexity index is 640. The van der Waals surface area contributed by atoms with Crippen LogP contribution in [-0.2, 0) is 0 Å². The molecule has 3 rings (SSSR count). The van der Waals surface area contributed by atoms with Crippen molar-refractivity contribution in [3.8, 4) is 0 Å². The Morgan fingerprint density at radius 2 is 2.45 bits per heavy atom. The summed E-state index contributed by atoms with van der Waals surface area (Å²) in [7, 11) is 0. The molecule has 0 aliphatic carbocycles. The van der Waals surface area contributed by atoms with Crippen molar-refractivity contribution in [1.82, 2.24) is 20.8 Å². The molecule has 2 aromatic heterocycles. The van der Waals surface area contributed by atoms with E-state index in [1.807, 2.05) is 0 Å². The number of nitrogens with one attached hydrogen (secondary N) is 2. The molecular weight excluding hydrogens is 260 g/mol. The lowest BCUT2D eigenvalue weighted by Gasteiger charge is -2.13. The number of pyridine rings is 1. The number of amides is 1. The quantitative estimate of drug-likeness (QED) is 0.720. The van der Waals surface area contributed by atoms with Crippen molar-refractivity contribution in [2.75, 3.05) is 19.6 Å². The van der Waals surface area contributed by atoms with Crippen LogP contribution in [0.5, 0.6) is 0 Å². The topological polar surface area (TPSA) is 100 Å². The van der Waals surface area contributed by atoms with Crippen molar-refractivity contribution >= 4 is 17.0 Å². The maximum absolute atomic E-state index is 12.1. The van der Waals surface area contributed by atoms with Gasteiger partial charge >= 0.3 is 0 Å². The minimum absolute atomic E-state index is 0.0490. The van der Waals surface area contributed by atoms with Crippen molar-refractivity contribution < 1.29 is 14.4 Å². The molecule has 7 nitrogen and oxygen atoms in total. The van der Waals surface area contributed by atoms with E-state index < -0.39 is 6.10 Å². The Morgan fingerprint density at radius 1 is 1.60 bits per heavy atom. The highest BCUT2D eigenvalue weighted by Crippen LogP contribution is 2.16. The van der Waals surface area contributed by atoms with E-state index in [-0.39, 0.29) is 11.8 Å². The van der Waals surface area contributed by atoms with E-state index in [4.69, 9.17) is 4.52 Å². The van der Waals surface area contributed by atoms with Crippen LogP contribution in [0.1, 0.15) is 16.1 Å². The van der Waals surface area contributed by atoms with E-state index in [9.17, 15) is 9.90 Å². The van der Waals surface area contributed by atoms with Crippen LogP contribution in [0.4, 0.5) is 0 Å². The fourth-order valence-electron chi connectivity index (χ4n) is 2.32. The molecule has 106 valence electrons. The highest BCUT2D eigenvalue weighted by molar-refractivity contribution is 5.96. The van der Waals surface area contributed by atoms with Crippen molar-refractivity contribution in [2.24, 2.45) is 5.92 Å². The molecule has 1 fully saturated rings. The van der Waals surface area contributed by atoms with Crippen molar-refractivity contribution in [3.05, 3.63) is 23.5 Å². The number of carbonyl (C=O) groups is 1. The molecule has 0 bridgehead atoms. The zero-order valence-electron chi connectivity index (χ0n) is 11.1. The zero-order chi connectivity index (χ0) is 14.1. The third kappa shape index (κ3) is 2.37. The number of carbonyl (C=O) groups excluding carboxylic acids is 1. The van der Waals surface area contributed by atoms with Crippen molar-refractivity contribution in [2.45, 2.75) is 13.0 Å². The molecule has 1 amide bonds. The lowest BCUT2D eigenvalue weighted by molar-refractivity contribution is 0.0927. The molecule has 0 saturated carbocycles. The van der Waals surface area contributed by atoms with Crippen LogP contribution in [0, 0.1) is 12.8 Å². The predicted octanol–water partition coefficient (Wildman–Crippen LogP) is -0.159. The number of aromatic nitrogens is 2. The second kappa shape index (κ2) is 5.18. The molecule has 20 heavy (non-hydrogen) atoms. The second-order valence-corrected chi connectivity index (χ2v) is 5.04. The molecule has 0 aromatic carbocycles. The molecule has 1 aliphatic heterocycles. The smallest absolute Gasteiger partial charge is 0.257 e. The number of aliphatic hydroxyl groups excluding tert-OH is 1. The van der Waals surface area contributed by atoms with E-state index in [0.717, 1.165) is 5.39 Å². The standard InChI is InChI=1S/C13H16N4O3/c1-7-10-2-8(4-16-13(10)20-17-7)12(19)15-5-9-3-14-6-11(9)18/h2,4,9,11,14,18H,3,5-6H2,1H3,(H,15,19). The fraction of sp³-hybridized carbons (Fsp3) is 0.462. The molecule has 1 saturated heterocycles. The van der Waals surface area contributed by atoms with Crippen LogP contribution >= 0.6 is 0 Å². The van der Waals surface area contributed by atoms with E-state index in [1.165, 1.54) is 6.20 Å². The summed E-state index contributed by atoms with van der Waals surface area (Å²) in [6, 6.07) is 1.72. The van der Waals surface area contributed by atoms with Gasteiger partial charge in [-0.25, -0.2) is 4.98 Å². The molecule has 1 aliphatic rings. The number of rotatable bonds is 3. The largest absolute Gasteiger partial charge is 0.391 e. The van der Waals surface area contributed by atoms with Crippen LogP contribution in [0.25, 0.3) is 11.1 Å². The first-order valence-corrected chi connectivity index (χ1v) is 6.54. The van der Waals surface area contributed by atoms with Gasteiger partial charge in [-0.3, -0.25) is 4.79 Å². The van der Waals surface area contributed by atoms with Gasteiger partial charge in [0.15, 0.2) is 0 Å². The molecule has 2 aromatic rings. The van der Waals surface area contributed by atoms with Gasteiger partial charge in [-0.1, -0.05) is 5.16 Å². The molecular formula is C13H16N4O3. The number of aryl methyl sites for hydroxylation is 1. The average Bonchev–Trinajstić information content (AvgIpc) is 3.03. The number of hydrogen-bond acceptors (Lipinski definition) is 6. The molecule has 7 heteroatoms. The monoisotopic (exact) mass is 276 g/mol. The normalized spacial score (nSPS) is 22.3. The van der Waals surface area contributed by atoms with Crippen LogP contribution in [0.2, 0.25) is 0 Å². The SMILES string of the molecule is Cc1noc2ncc(C(=O)NCC3CNCC3O)cc12. The summed E-state index contributed by atoms with van der Waals surface area (Å²) in [6.07, 6.45) is 1.06. The fourth-order valence-corrected chi connectivity index (χ4v) is 2.32. The third-order valence-corrected chi connectivity index (χ3v) is 3.60. The molecule has 3 N–H and O–H groups in total. The second-order valence-electron chi connectivity index (χ2n) is 5.04. The van der Waals surface area contributed by atoms with Crippen LogP contribution < -0.4 is 10.6 Å². The van der Waals surface area contributed by atoms with Crippen molar-refractivity contribution in [1.29, 1.82) is 0 Å². The minimum Gasteiger partial charge on any atom is -0.391 e. The number of hydrogen-bond donors (Lipinski definition) is 3. The maximum atomic E-state index is 12.1. The number of β-amino-alcohol motifs (C(OH)–C–C–N with tert-alkyl or cyclic N) is 1. The maximum Gasteiger partial charge on any atom is 0.257 e. The number of aliphatic hydroxyl groups is 1. The highest BCUT2D eigenvalue weighted by Gasteiger charge is 2.25. The highest BCUT2D eigenvalue weighted by atomic mass is 16.5. The van der Waals surface area contributed by atoms with Gasteiger partial charge in [-0.05, 0) is 13.0 Å². The Morgan fingerprint density at radius 3 is 3.20 bits per heavy atom. The summed E-state index contributed by atoms with van der Waals surface area (Å²) >= 11 is 0. The summed E-state index contributed by atoms with van der Waals surface area (Å²) in [5, 5.41) is 20.1. The van der Waals surface area contributed by atoms with Gasteiger partial charge in [0.2, 0.25) is 0 Å². The van der Waals surface area contributed by atoms with Gasteiger partial charge < -0.3 is 20.3 Å². The molecule has 0 spiro atoms. The van der Waals surface area contributed by atoms with E-state index in [0.29, 0.717) is 36.6 Å². The molecule has 0 radical (unpaired) electrons. The molecule has 3 heterocycles. The molecule has 2 atom stereocenters. The van der Waals surface area contributed by atoms with Crippen LogP contribution in [0.3, 0.4) is 0 Å². The third-order valence-electron chi connectivity index (χ3n) is 3.60. The van der Waals surface area contributed by atoms with Crippen LogP contribution in [-0.4, -0.2) is 46.9 Å². The first-order valence-electron chi connectivity index (χ1n) is 6.54. The van der Waals surface area contributed by atoms with Gasteiger partial charge in [-0.15, -0.1) is 0 Å². The van der Waals surface area contributed by atoms with Gasteiger partial charge in [0.1, 0.15) is 0 Å². The Balaban J connectivity index is 1.70. The lowest BCUT2D eigenvalue weighted by atomic mass is 10.1. The number of fused-ring (bicyclic) bond motifs is 1.